The third kappa shape index (κ3) is 3.24. The lowest BCUT2D eigenvalue weighted by Crippen LogP contribution is -2.41. The first-order chi connectivity index (χ1) is 11.1. The van der Waals surface area contributed by atoms with Gasteiger partial charge in [-0.1, -0.05) is 0 Å². The number of amides is 1. The maximum atomic E-state index is 13.3. The van der Waals surface area contributed by atoms with Gasteiger partial charge in [0.05, 0.1) is 18.4 Å². The molecule has 1 saturated heterocycles. The molecule has 3 N–H and O–H groups in total. The van der Waals surface area contributed by atoms with E-state index in [1.54, 1.807) is 11.1 Å². The zero-order chi connectivity index (χ0) is 16.4. The van der Waals surface area contributed by atoms with Crippen molar-refractivity contribution < 1.29 is 13.6 Å². The number of halogens is 2. The summed E-state index contributed by atoms with van der Waals surface area (Å²) in [5.41, 5.74) is 6.58. The zero-order valence-electron chi connectivity index (χ0n) is 12.6. The second kappa shape index (κ2) is 6.45. The van der Waals surface area contributed by atoms with E-state index < -0.39 is 11.6 Å². The number of rotatable bonds is 3. The molecule has 1 fully saturated rings. The van der Waals surface area contributed by atoms with Crippen molar-refractivity contribution in [3.05, 3.63) is 41.9 Å². The highest BCUT2D eigenvalue weighted by atomic mass is 19.2. The number of imidazole rings is 1. The minimum atomic E-state index is -0.882. The number of piperidine rings is 1. The molecule has 2 heterocycles. The fraction of sp³-hybridized carbons (Fsp3) is 0.375. The minimum Gasteiger partial charge on any atom is -0.342 e. The lowest BCUT2D eigenvalue weighted by Gasteiger charge is -2.30. The quantitative estimate of drug-likeness (QED) is 0.908. The molecule has 5 nitrogen and oxygen atoms in total. The second-order valence-corrected chi connectivity index (χ2v) is 5.67. The molecular formula is C16H18F2N4O. The van der Waals surface area contributed by atoms with Gasteiger partial charge in [0, 0.05) is 24.6 Å². The van der Waals surface area contributed by atoms with Crippen molar-refractivity contribution in [2.45, 2.75) is 18.8 Å². The Labute approximate surface area is 132 Å². The SMILES string of the molecule is NCC(=O)N1CCC(c2ncc(-c3ccc(F)c(F)c3)[nH]2)CC1. The Hall–Kier alpha value is -2.28. The molecule has 3 rings (SSSR count). The van der Waals surface area contributed by atoms with Gasteiger partial charge in [0.15, 0.2) is 11.6 Å². The van der Waals surface area contributed by atoms with Crippen LogP contribution in [0, 0.1) is 11.6 Å². The summed E-state index contributed by atoms with van der Waals surface area (Å²) >= 11 is 0. The Morgan fingerprint density at radius 3 is 2.70 bits per heavy atom. The predicted octanol–water partition coefficient (Wildman–Crippen LogP) is 2.02. The number of aromatic nitrogens is 2. The summed E-state index contributed by atoms with van der Waals surface area (Å²) in [7, 11) is 0. The van der Waals surface area contributed by atoms with E-state index in [1.165, 1.54) is 6.07 Å². The van der Waals surface area contributed by atoms with E-state index in [4.69, 9.17) is 5.73 Å². The zero-order valence-corrected chi connectivity index (χ0v) is 12.6. The average Bonchev–Trinajstić information content (AvgIpc) is 3.07. The molecule has 1 aliphatic rings. The number of nitrogens with one attached hydrogen (secondary N) is 1. The largest absolute Gasteiger partial charge is 0.342 e. The van der Waals surface area contributed by atoms with Gasteiger partial charge in [-0.15, -0.1) is 0 Å². The number of benzene rings is 1. The number of aromatic amines is 1. The highest BCUT2D eigenvalue weighted by Crippen LogP contribution is 2.28. The highest BCUT2D eigenvalue weighted by Gasteiger charge is 2.25. The third-order valence-electron chi connectivity index (χ3n) is 4.24. The fourth-order valence-electron chi connectivity index (χ4n) is 2.89. The highest BCUT2D eigenvalue weighted by molar-refractivity contribution is 5.78. The Morgan fingerprint density at radius 1 is 1.30 bits per heavy atom. The molecule has 23 heavy (non-hydrogen) atoms. The van der Waals surface area contributed by atoms with E-state index in [0.29, 0.717) is 24.3 Å². The van der Waals surface area contributed by atoms with Crippen LogP contribution in [0.1, 0.15) is 24.6 Å². The average molecular weight is 320 g/mol. The fourth-order valence-corrected chi connectivity index (χ4v) is 2.89. The summed E-state index contributed by atoms with van der Waals surface area (Å²) in [6.07, 6.45) is 3.23. The van der Waals surface area contributed by atoms with Gasteiger partial charge in [0.2, 0.25) is 5.91 Å². The van der Waals surface area contributed by atoms with Crippen LogP contribution in [0.5, 0.6) is 0 Å². The molecule has 0 spiro atoms. The summed E-state index contributed by atoms with van der Waals surface area (Å²) in [5.74, 6) is -0.761. The number of hydrogen-bond donors (Lipinski definition) is 2. The van der Waals surface area contributed by atoms with Gasteiger partial charge in [-0.25, -0.2) is 13.8 Å². The number of carbonyl (C=O) groups is 1. The molecule has 7 heteroatoms. The van der Waals surface area contributed by atoms with Crippen LogP contribution in [-0.2, 0) is 4.79 Å². The molecule has 2 aromatic rings. The summed E-state index contributed by atoms with van der Waals surface area (Å²) < 4.78 is 26.3. The Morgan fingerprint density at radius 2 is 2.04 bits per heavy atom. The van der Waals surface area contributed by atoms with Gasteiger partial charge in [0.25, 0.3) is 0 Å². The predicted molar refractivity (Wildman–Crippen MR) is 81.5 cm³/mol. The number of nitrogens with two attached hydrogens (primary N) is 1. The van der Waals surface area contributed by atoms with Crippen LogP contribution in [0.3, 0.4) is 0 Å². The molecule has 1 aromatic heterocycles. The smallest absolute Gasteiger partial charge is 0.236 e. The van der Waals surface area contributed by atoms with Crippen LogP contribution in [-0.4, -0.2) is 40.4 Å². The first-order valence-corrected chi connectivity index (χ1v) is 7.56. The molecular weight excluding hydrogens is 302 g/mol. The Balaban J connectivity index is 1.70. The molecule has 1 aromatic carbocycles. The van der Waals surface area contributed by atoms with Crippen molar-refractivity contribution in [3.63, 3.8) is 0 Å². The van der Waals surface area contributed by atoms with Crippen molar-refractivity contribution in [2.24, 2.45) is 5.73 Å². The van der Waals surface area contributed by atoms with Crippen LogP contribution in [0.2, 0.25) is 0 Å². The van der Waals surface area contributed by atoms with E-state index in [9.17, 15) is 13.6 Å². The summed E-state index contributed by atoms with van der Waals surface area (Å²) in [6.45, 7) is 1.34. The molecule has 0 aliphatic carbocycles. The standard InChI is InChI=1S/C16H18F2N4O/c17-12-2-1-11(7-13(12)18)14-9-20-16(21-14)10-3-5-22(6-4-10)15(23)8-19/h1-2,7,9-10H,3-6,8,19H2,(H,20,21). The van der Waals surface area contributed by atoms with E-state index >= 15 is 0 Å². The van der Waals surface area contributed by atoms with Gasteiger partial charge in [-0.3, -0.25) is 4.79 Å². The third-order valence-corrected chi connectivity index (χ3v) is 4.24. The number of likely N-dealkylation sites (tertiary alicyclic amines) is 1. The summed E-state index contributed by atoms with van der Waals surface area (Å²) in [6, 6.07) is 3.76. The van der Waals surface area contributed by atoms with E-state index in [2.05, 4.69) is 9.97 Å². The summed E-state index contributed by atoms with van der Waals surface area (Å²) in [4.78, 5) is 20.9. The van der Waals surface area contributed by atoms with Gasteiger partial charge in [0.1, 0.15) is 5.82 Å². The first-order valence-electron chi connectivity index (χ1n) is 7.56. The van der Waals surface area contributed by atoms with Crippen LogP contribution < -0.4 is 5.73 Å². The van der Waals surface area contributed by atoms with Crippen molar-refractivity contribution in [3.8, 4) is 11.3 Å². The van der Waals surface area contributed by atoms with Gasteiger partial charge >= 0.3 is 0 Å². The topological polar surface area (TPSA) is 75.0 Å². The van der Waals surface area contributed by atoms with E-state index in [0.717, 1.165) is 30.8 Å². The van der Waals surface area contributed by atoms with E-state index in [1.807, 2.05) is 0 Å². The van der Waals surface area contributed by atoms with E-state index in [-0.39, 0.29) is 18.4 Å². The molecule has 0 radical (unpaired) electrons. The maximum Gasteiger partial charge on any atom is 0.236 e. The second-order valence-electron chi connectivity index (χ2n) is 5.67. The summed E-state index contributed by atoms with van der Waals surface area (Å²) in [5, 5.41) is 0. The Bertz CT molecular complexity index is 708. The van der Waals surface area contributed by atoms with Gasteiger partial charge in [-0.2, -0.15) is 0 Å². The van der Waals surface area contributed by atoms with Crippen LogP contribution >= 0.6 is 0 Å². The molecule has 1 amide bonds. The van der Waals surface area contributed by atoms with Crippen molar-refractivity contribution in [2.75, 3.05) is 19.6 Å². The van der Waals surface area contributed by atoms with Gasteiger partial charge < -0.3 is 15.6 Å². The molecule has 0 bridgehead atoms. The van der Waals surface area contributed by atoms with Crippen LogP contribution in [0.25, 0.3) is 11.3 Å². The maximum absolute atomic E-state index is 13.3. The number of hydrogen-bond acceptors (Lipinski definition) is 3. The van der Waals surface area contributed by atoms with Crippen molar-refractivity contribution in [1.82, 2.24) is 14.9 Å². The number of nitrogens with zero attached hydrogens (tertiary/aromatic N) is 2. The molecule has 1 aliphatic heterocycles. The van der Waals surface area contributed by atoms with Crippen LogP contribution in [0.4, 0.5) is 8.78 Å². The monoisotopic (exact) mass is 320 g/mol. The van der Waals surface area contributed by atoms with Crippen molar-refractivity contribution >= 4 is 5.91 Å². The number of carbonyl (C=O) groups excluding carboxylic acids is 1. The minimum absolute atomic E-state index is 0.0334. The lowest BCUT2D eigenvalue weighted by atomic mass is 9.96. The number of H-pyrrole nitrogens is 1. The van der Waals surface area contributed by atoms with Crippen LogP contribution in [0.15, 0.2) is 24.4 Å². The molecule has 0 atom stereocenters. The Kier molecular flexibility index (Phi) is 4.38. The van der Waals surface area contributed by atoms with Gasteiger partial charge in [-0.05, 0) is 31.0 Å². The normalized spacial score (nSPS) is 15.9. The molecule has 0 unspecified atom stereocenters. The molecule has 0 saturated carbocycles. The van der Waals surface area contributed by atoms with Crippen molar-refractivity contribution in [1.29, 1.82) is 0 Å². The molecule has 122 valence electrons. The first kappa shape index (κ1) is 15.6. The lowest BCUT2D eigenvalue weighted by molar-refractivity contribution is -0.130.